The first-order valence-electron chi connectivity index (χ1n) is 6.91. The molecule has 0 fully saturated rings. The van der Waals surface area contributed by atoms with Crippen LogP contribution in [0.2, 0.25) is 0 Å². The fraction of sp³-hybridized carbons (Fsp3) is 0.125. The molecule has 6 nitrogen and oxygen atoms in total. The largest absolute Gasteiger partial charge is 2.00 e. The van der Waals surface area contributed by atoms with Gasteiger partial charge in [-0.1, -0.05) is 12.1 Å². The fourth-order valence-corrected chi connectivity index (χ4v) is 3.38. The molecule has 0 aliphatic rings. The monoisotopic (exact) mass is 494 g/mol. The third-order valence-corrected chi connectivity index (χ3v) is 5.57. The Labute approximate surface area is 185 Å². The molecule has 0 saturated carbocycles. The van der Waals surface area contributed by atoms with Gasteiger partial charge in [-0.05, 0) is 60.3 Å². The topological polar surface area (TPSA) is 114 Å². The van der Waals surface area contributed by atoms with E-state index in [1.54, 1.807) is 12.1 Å². The normalized spacial score (nSPS) is 12.1. The van der Waals surface area contributed by atoms with E-state index < -0.39 is 22.2 Å². The van der Waals surface area contributed by atoms with E-state index in [2.05, 4.69) is 25.3 Å². The third kappa shape index (κ3) is 8.07. The average molecular weight is 496 g/mol. The third-order valence-electron chi connectivity index (χ3n) is 3.09. The Morgan fingerprint density at radius 3 is 1.30 bits per heavy atom. The van der Waals surface area contributed by atoms with Crippen molar-refractivity contribution in [1.82, 2.24) is 0 Å². The summed E-state index contributed by atoms with van der Waals surface area (Å²) in [5.74, 6) is -0.333. The van der Waals surface area contributed by atoms with Gasteiger partial charge in [0.2, 0.25) is 0 Å². The number of carbonyl (C=O) groups is 2. The van der Waals surface area contributed by atoms with Crippen LogP contribution in [0, 0.1) is 0 Å². The van der Waals surface area contributed by atoms with Crippen molar-refractivity contribution < 1.29 is 46.6 Å². The van der Waals surface area contributed by atoms with E-state index in [9.17, 15) is 27.1 Å². The van der Waals surface area contributed by atoms with E-state index in [4.69, 9.17) is 0 Å². The van der Waals surface area contributed by atoms with E-state index in [0.29, 0.717) is 20.9 Å². The molecule has 0 spiro atoms. The zero-order chi connectivity index (χ0) is 20.0. The Morgan fingerprint density at radius 1 is 0.778 bits per heavy atom. The van der Waals surface area contributed by atoms with Gasteiger partial charge in [-0.2, -0.15) is 0 Å². The van der Waals surface area contributed by atoms with E-state index in [1.165, 1.54) is 38.1 Å². The molecule has 0 radical (unpaired) electrons. The van der Waals surface area contributed by atoms with Crippen LogP contribution in [0.25, 0.3) is 0 Å². The molecular weight excluding hydrogens is 482 g/mol. The van der Waals surface area contributed by atoms with Crippen LogP contribution in [-0.4, -0.2) is 29.1 Å². The minimum absolute atomic E-state index is 0. The number of hydrogen-bond acceptors (Lipinski definition) is 8. The van der Waals surface area contributed by atoms with Crippen molar-refractivity contribution in [3.05, 3.63) is 47.5 Å². The average Bonchev–Trinajstić information content (AvgIpc) is 2.55. The van der Waals surface area contributed by atoms with Gasteiger partial charge < -0.3 is 9.11 Å². The molecule has 140 valence electrons. The molecule has 0 aliphatic carbocycles. The van der Waals surface area contributed by atoms with Crippen LogP contribution in [0.4, 0.5) is 0 Å². The van der Waals surface area contributed by atoms with Crippen molar-refractivity contribution in [3.8, 4) is 0 Å². The first-order valence-corrected chi connectivity index (χ1v) is 9.95. The van der Waals surface area contributed by atoms with E-state index in [0.717, 1.165) is 0 Å². The number of thiol groups is 2. The van der Waals surface area contributed by atoms with E-state index >= 15 is 0 Å². The van der Waals surface area contributed by atoms with Crippen LogP contribution >= 0.6 is 25.3 Å². The minimum Gasteiger partial charge on any atom is -0.768 e. The molecule has 0 heterocycles. The van der Waals surface area contributed by atoms with Crippen LogP contribution < -0.4 is 0 Å². The maximum absolute atomic E-state index is 10.9. The molecule has 2 aromatic carbocycles. The summed E-state index contributed by atoms with van der Waals surface area (Å²) < 4.78 is 42.5. The predicted octanol–water partition coefficient (Wildman–Crippen LogP) is 2.83. The molecule has 2 aromatic rings. The Bertz CT molecular complexity index is 827. The van der Waals surface area contributed by atoms with Crippen LogP contribution in [0.3, 0.4) is 0 Å². The van der Waals surface area contributed by atoms with Gasteiger partial charge in [0.1, 0.15) is 0 Å². The summed E-state index contributed by atoms with van der Waals surface area (Å²) in [6.07, 6.45) is 0. The summed E-state index contributed by atoms with van der Waals surface area (Å²) in [5.41, 5.74) is 0.744. The summed E-state index contributed by atoms with van der Waals surface area (Å²) in [5, 5.41) is 0. The standard InChI is InChI=1S/2C8H8O3S2.Zn/c2*1-5(9)6-2-3-7(12)8(4-6)13(10)11;/h2*2-4,12H,1H3,(H,10,11);/q;;+2/p-2. The number of carbonyl (C=O) groups excluding carboxylic acids is 2. The zero-order valence-corrected chi connectivity index (χ0v) is 20.7. The summed E-state index contributed by atoms with van der Waals surface area (Å²) in [6.45, 7) is 2.76. The molecule has 2 unspecified atom stereocenters. The van der Waals surface area contributed by atoms with Crippen molar-refractivity contribution in [1.29, 1.82) is 0 Å². The fourth-order valence-electron chi connectivity index (χ4n) is 1.73. The Kier molecular flexibility index (Phi) is 11.7. The van der Waals surface area contributed by atoms with Crippen molar-refractivity contribution in [2.24, 2.45) is 0 Å². The smallest absolute Gasteiger partial charge is 0.768 e. The molecule has 2 atom stereocenters. The summed E-state index contributed by atoms with van der Waals surface area (Å²) >= 11 is 3.21. The van der Waals surface area contributed by atoms with Gasteiger partial charge in [-0.25, -0.2) is 0 Å². The molecule has 0 aliphatic heterocycles. The molecule has 11 heteroatoms. The molecular formula is C16H14O6S4Zn. The maximum Gasteiger partial charge on any atom is 2.00 e. The molecule has 0 N–H and O–H groups in total. The SMILES string of the molecule is CC(=O)c1ccc(S)c(S(=O)[O-])c1.CC(=O)c1ccc(S)c(S(=O)[O-])c1.[Zn+2]. The molecule has 0 bridgehead atoms. The Hall–Kier alpha value is -0.677. The van der Waals surface area contributed by atoms with Crippen LogP contribution in [0.5, 0.6) is 0 Å². The summed E-state index contributed by atoms with van der Waals surface area (Å²) in [6, 6.07) is 8.69. The van der Waals surface area contributed by atoms with Crippen LogP contribution in [-0.2, 0) is 41.6 Å². The van der Waals surface area contributed by atoms with Gasteiger partial charge in [0, 0.05) is 30.7 Å². The number of Topliss-reactive ketones (excluding diaryl/α,β-unsaturated/α-hetero) is 2. The van der Waals surface area contributed by atoms with Crippen molar-refractivity contribution >= 4 is 59.0 Å². The van der Waals surface area contributed by atoms with Crippen molar-refractivity contribution in [2.75, 3.05) is 0 Å². The number of ketones is 2. The van der Waals surface area contributed by atoms with Gasteiger partial charge >= 0.3 is 19.5 Å². The first-order chi connectivity index (χ1) is 12.0. The molecule has 0 amide bonds. The van der Waals surface area contributed by atoms with Gasteiger partial charge in [0.25, 0.3) is 0 Å². The van der Waals surface area contributed by atoms with Gasteiger partial charge in [-0.3, -0.25) is 18.0 Å². The van der Waals surface area contributed by atoms with Gasteiger partial charge in [0.05, 0.1) is 0 Å². The Balaban J connectivity index is 0.000000483. The molecule has 0 aromatic heterocycles. The van der Waals surface area contributed by atoms with Gasteiger partial charge in [-0.15, -0.1) is 25.3 Å². The second-order valence-electron chi connectivity index (χ2n) is 4.95. The second kappa shape index (κ2) is 12.0. The van der Waals surface area contributed by atoms with E-state index in [1.807, 2.05) is 0 Å². The number of benzene rings is 2. The predicted molar refractivity (Wildman–Crippen MR) is 102 cm³/mol. The van der Waals surface area contributed by atoms with Crippen molar-refractivity contribution in [3.63, 3.8) is 0 Å². The van der Waals surface area contributed by atoms with Gasteiger partial charge in [0.15, 0.2) is 11.6 Å². The number of rotatable bonds is 4. The van der Waals surface area contributed by atoms with Crippen LogP contribution in [0.1, 0.15) is 34.6 Å². The quantitative estimate of drug-likeness (QED) is 0.292. The Morgan fingerprint density at radius 2 is 1.07 bits per heavy atom. The maximum atomic E-state index is 10.9. The first kappa shape index (κ1) is 26.3. The summed E-state index contributed by atoms with van der Waals surface area (Å²) in [7, 11) is 0. The summed E-state index contributed by atoms with van der Waals surface area (Å²) in [4.78, 5) is 22.6. The molecule has 0 saturated heterocycles. The van der Waals surface area contributed by atoms with E-state index in [-0.39, 0.29) is 40.8 Å². The van der Waals surface area contributed by atoms with Crippen molar-refractivity contribution in [2.45, 2.75) is 33.4 Å². The zero-order valence-electron chi connectivity index (χ0n) is 14.3. The molecule has 2 rings (SSSR count). The second-order valence-corrected chi connectivity index (χ2v) is 7.73. The minimum atomic E-state index is -2.35. The molecule has 27 heavy (non-hydrogen) atoms. The number of hydrogen-bond donors (Lipinski definition) is 2. The van der Waals surface area contributed by atoms with Crippen LogP contribution in [0.15, 0.2) is 56.0 Å².